The van der Waals surface area contributed by atoms with Crippen molar-refractivity contribution in [2.24, 2.45) is 17.8 Å². The summed E-state index contributed by atoms with van der Waals surface area (Å²) in [4.78, 5) is 51.6. The first-order valence-electron chi connectivity index (χ1n) is 10.6. The Morgan fingerprint density at radius 3 is 2.27 bits per heavy atom. The second-order valence-corrected chi connectivity index (χ2v) is 8.76. The molecule has 1 aromatic rings. The number of fused-ring (bicyclic) bond motifs is 1. The van der Waals surface area contributed by atoms with E-state index in [2.05, 4.69) is 19.2 Å². The predicted molar refractivity (Wildman–Crippen MR) is 111 cm³/mol. The van der Waals surface area contributed by atoms with Gasteiger partial charge in [-0.1, -0.05) is 52.7 Å². The van der Waals surface area contributed by atoms with Gasteiger partial charge in [0.05, 0.1) is 11.1 Å². The fourth-order valence-corrected chi connectivity index (χ4v) is 4.39. The average molecular weight is 415 g/mol. The van der Waals surface area contributed by atoms with Gasteiger partial charge in [-0.15, -0.1) is 0 Å². The average Bonchev–Trinajstić information content (AvgIpc) is 2.95. The molecule has 1 aliphatic carbocycles. The Labute approximate surface area is 177 Å². The van der Waals surface area contributed by atoms with Gasteiger partial charge in [0.2, 0.25) is 0 Å². The maximum absolute atomic E-state index is 12.8. The molecule has 2 aliphatic rings. The number of carbonyl (C=O) groups excluding carboxylic acids is 4. The lowest BCUT2D eigenvalue weighted by Crippen LogP contribution is -2.50. The highest BCUT2D eigenvalue weighted by molar-refractivity contribution is 6.22. The lowest BCUT2D eigenvalue weighted by molar-refractivity contribution is -0.154. The minimum absolute atomic E-state index is 0.0667. The minimum atomic E-state index is -1.08. The molecule has 4 atom stereocenters. The van der Waals surface area contributed by atoms with E-state index in [1.54, 1.807) is 38.1 Å². The molecule has 0 unspecified atom stereocenters. The molecule has 0 bridgehead atoms. The first-order valence-corrected chi connectivity index (χ1v) is 10.6. The van der Waals surface area contributed by atoms with E-state index in [0.717, 1.165) is 24.2 Å². The van der Waals surface area contributed by atoms with Crippen molar-refractivity contribution >= 4 is 23.7 Å². The zero-order valence-electron chi connectivity index (χ0n) is 18.0. The van der Waals surface area contributed by atoms with Gasteiger partial charge < -0.3 is 10.1 Å². The van der Waals surface area contributed by atoms with Gasteiger partial charge in [-0.3, -0.25) is 19.3 Å². The summed E-state index contributed by atoms with van der Waals surface area (Å²) in [7, 11) is 0. The molecule has 0 spiro atoms. The maximum atomic E-state index is 12.8. The highest BCUT2D eigenvalue weighted by Crippen LogP contribution is 2.30. The van der Waals surface area contributed by atoms with Crippen LogP contribution in [0.5, 0.6) is 0 Å². The van der Waals surface area contributed by atoms with E-state index in [9.17, 15) is 19.2 Å². The van der Waals surface area contributed by atoms with E-state index in [-0.39, 0.29) is 29.0 Å². The zero-order valence-corrected chi connectivity index (χ0v) is 18.0. The summed E-state index contributed by atoms with van der Waals surface area (Å²) in [6, 6.07) is 5.47. The fraction of sp³-hybridized carbons (Fsp3) is 0.565. The molecular formula is C23H30N2O5. The van der Waals surface area contributed by atoms with Crippen molar-refractivity contribution in [3.63, 3.8) is 0 Å². The van der Waals surface area contributed by atoms with Crippen molar-refractivity contribution in [2.45, 2.75) is 59.0 Å². The van der Waals surface area contributed by atoms with E-state index in [1.165, 1.54) is 0 Å². The van der Waals surface area contributed by atoms with Crippen molar-refractivity contribution < 1.29 is 23.9 Å². The number of amides is 3. The molecule has 3 amide bonds. The second-order valence-electron chi connectivity index (χ2n) is 8.76. The number of ether oxygens (including phenoxy) is 1. The summed E-state index contributed by atoms with van der Waals surface area (Å²) < 4.78 is 5.24. The molecule has 0 saturated heterocycles. The molecule has 1 fully saturated rings. The normalized spacial score (nSPS) is 24.6. The van der Waals surface area contributed by atoms with Gasteiger partial charge in [0.15, 0.2) is 6.61 Å². The highest BCUT2D eigenvalue weighted by atomic mass is 16.5. The van der Waals surface area contributed by atoms with Gasteiger partial charge in [0.1, 0.15) is 6.04 Å². The van der Waals surface area contributed by atoms with Crippen molar-refractivity contribution in [1.29, 1.82) is 0 Å². The van der Waals surface area contributed by atoms with Crippen molar-refractivity contribution in [1.82, 2.24) is 10.2 Å². The first kappa shape index (κ1) is 22.0. The summed E-state index contributed by atoms with van der Waals surface area (Å²) in [5, 5.41) is 2.96. The lowest BCUT2D eigenvalue weighted by atomic mass is 9.78. The van der Waals surface area contributed by atoms with Crippen LogP contribution in [0.2, 0.25) is 0 Å². The van der Waals surface area contributed by atoms with Crippen LogP contribution in [0, 0.1) is 17.8 Å². The van der Waals surface area contributed by atoms with Crippen LogP contribution in [0.4, 0.5) is 0 Å². The Morgan fingerprint density at radius 2 is 1.70 bits per heavy atom. The molecule has 30 heavy (non-hydrogen) atoms. The van der Waals surface area contributed by atoms with Gasteiger partial charge in [-0.05, 0) is 36.3 Å². The molecule has 7 heteroatoms. The molecular weight excluding hydrogens is 384 g/mol. The minimum Gasteiger partial charge on any atom is -0.454 e. The van der Waals surface area contributed by atoms with Crippen LogP contribution in [0.1, 0.15) is 67.7 Å². The van der Waals surface area contributed by atoms with Crippen LogP contribution in [-0.2, 0) is 14.3 Å². The van der Waals surface area contributed by atoms with Gasteiger partial charge in [-0.25, -0.2) is 4.79 Å². The molecule has 1 N–H and O–H groups in total. The number of benzene rings is 1. The number of nitrogens with zero attached hydrogens (tertiary/aromatic N) is 1. The number of esters is 1. The van der Waals surface area contributed by atoms with Crippen molar-refractivity contribution in [3.05, 3.63) is 35.4 Å². The smallest absolute Gasteiger partial charge is 0.330 e. The summed E-state index contributed by atoms with van der Waals surface area (Å²) >= 11 is 0. The van der Waals surface area contributed by atoms with Gasteiger partial charge in [0, 0.05) is 6.04 Å². The van der Waals surface area contributed by atoms with Crippen LogP contribution in [0.3, 0.4) is 0 Å². The van der Waals surface area contributed by atoms with Crippen LogP contribution in [0.25, 0.3) is 0 Å². The van der Waals surface area contributed by atoms with Crippen molar-refractivity contribution in [2.75, 3.05) is 6.61 Å². The largest absolute Gasteiger partial charge is 0.454 e. The van der Waals surface area contributed by atoms with E-state index in [0.29, 0.717) is 11.8 Å². The topological polar surface area (TPSA) is 92.8 Å². The van der Waals surface area contributed by atoms with E-state index >= 15 is 0 Å². The number of hydrogen-bond acceptors (Lipinski definition) is 5. The third-order valence-electron chi connectivity index (χ3n) is 6.38. The molecule has 1 saturated carbocycles. The fourth-order valence-electron chi connectivity index (χ4n) is 4.39. The Balaban J connectivity index is 1.63. The van der Waals surface area contributed by atoms with E-state index < -0.39 is 30.4 Å². The Kier molecular flexibility index (Phi) is 6.58. The number of nitrogens with one attached hydrogen (secondary N) is 1. The SMILES string of the molecule is CC(C)[C@@H](C(=O)OCC(=O)N[C@@H]1CCC[C@@H](C)[C@H]1C)N1C(=O)c2ccccc2C1=O. The summed E-state index contributed by atoms with van der Waals surface area (Å²) in [6.45, 7) is 7.35. The Hall–Kier alpha value is -2.70. The molecule has 3 rings (SSSR count). The Morgan fingerprint density at radius 1 is 1.10 bits per heavy atom. The van der Waals surface area contributed by atoms with Gasteiger partial charge in [0.25, 0.3) is 17.7 Å². The summed E-state index contributed by atoms with van der Waals surface area (Å²) in [6.07, 6.45) is 3.12. The first-order chi connectivity index (χ1) is 14.2. The zero-order chi connectivity index (χ0) is 22.0. The predicted octanol–water partition coefficient (Wildman–Crippen LogP) is 2.79. The monoisotopic (exact) mass is 414 g/mol. The summed E-state index contributed by atoms with van der Waals surface area (Å²) in [5.74, 6) is -1.60. The molecule has 0 aromatic heterocycles. The molecule has 1 aliphatic heterocycles. The van der Waals surface area contributed by atoms with Crippen LogP contribution < -0.4 is 5.32 Å². The van der Waals surface area contributed by atoms with E-state index in [4.69, 9.17) is 4.74 Å². The summed E-state index contributed by atoms with van der Waals surface area (Å²) in [5.41, 5.74) is 0.554. The van der Waals surface area contributed by atoms with Crippen LogP contribution >= 0.6 is 0 Å². The molecule has 7 nitrogen and oxygen atoms in total. The highest BCUT2D eigenvalue weighted by Gasteiger charge is 2.44. The number of hydrogen-bond donors (Lipinski definition) is 1. The third kappa shape index (κ3) is 4.25. The number of imide groups is 1. The quantitative estimate of drug-likeness (QED) is 0.571. The second kappa shape index (κ2) is 8.98. The van der Waals surface area contributed by atoms with Crippen molar-refractivity contribution in [3.8, 4) is 0 Å². The van der Waals surface area contributed by atoms with E-state index in [1.807, 2.05) is 0 Å². The lowest BCUT2D eigenvalue weighted by Gasteiger charge is -2.34. The standard InChI is InChI=1S/C23H30N2O5/c1-13(2)20(25-21(27)16-9-5-6-10-17(16)22(25)28)23(29)30-12-19(26)24-18-11-7-8-14(3)15(18)4/h5-6,9-10,13-15,18,20H,7-8,11-12H2,1-4H3,(H,24,26)/t14-,15-,18-,20+/m1/s1. The number of rotatable bonds is 6. The number of carbonyl (C=O) groups is 4. The van der Waals surface area contributed by atoms with Crippen LogP contribution in [0.15, 0.2) is 24.3 Å². The Bertz CT molecular complexity index is 815. The van der Waals surface area contributed by atoms with Crippen LogP contribution in [-0.4, -0.2) is 47.3 Å². The molecule has 0 radical (unpaired) electrons. The van der Waals surface area contributed by atoms with Gasteiger partial charge in [-0.2, -0.15) is 0 Å². The molecule has 162 valence electrons. The maximum Gasteiger partial charge on any atom is 0.330 e. The third-order valence-corrected chi connectivity index (χ3v) is 6.38. The molecule has 1 aromatic carbocycles. The van der Waals surface area contributed by atoms with Gasteiger partial charge >= 0.3 is 5.97 Å². The molecule has 1 heterocycles.